The van der Waals surface area contributed by atoms with Gasteiger partial charge in [0.15, 0.2) is 0 Å². The minimum atomic E-state index is -0.763. The monoisotopic (exact) mass is 548 g/mol. The molecule has 4 rings (SSSR count). The van der Waals surface area contributed by atoms with E-state index >= 15 is 0 Å². The highest BCUT2D eigenvalue weighted by Gasteiger charge is 2.34. The first-order chi connectivity index (χ1) is 17.2. The zero-order valence-electron chi connectivity index (χ0n) is 18.3. The number of benzene rings is 2. The van der Waals surface area contributed by atoms with Crippen molar-refractivity contribution in [1.82, 2.24) is 10.2 Å². The first-order valence-corrected chi connectivity index (χ1v) is 11.3. The van der Waals surface area contributed by atoms with Gasteiger partial charge >= 0.3 is 18.0 Å². The first kappa shape index (κ1) is 25.3. The molecule has 3 amide bonds. The second kappa shape index (κ2) is 10.4. The Morgan fingerprint density at radius 1 is 1.00 bits per heavy atom. The van der Waals surface area contributed by atoms with Gasteiger partial charge in [0.05, 0.1) is 24.2 Å². The van der Waals surface area contributed by atoms with Crippen molar-refractivity contribution in [2.45, 2.75) is 6.54 Å². The van der Waals surface area contributed by atoms with Crippen LogP contribution in [-0.2, 0) is 16.1 Å². The molecular formula is C24H15Cl3N2O7. The van der Waals surface area contributed by atoms with Crippen molar-refractivity contribution in [3.8, 4) is 5.75 Å². The summed E-state index contributed by atoms with van der Waals surface area (Å²) in [6.45, 7) is -0.231. The first-order valence-electron chi connectivity index (χ1n) is 10.1. The van der Waals surface area contributed by atoms with E-state index in [0.29, 0.717) is 10.0 Å². The number of rotatable bonds is 6. The van der Waals surface area contributed by atoms with Gasteiger partial charge in [-0.25, -0.2) is 14.4 Å². The van der Waals surface area contributed by atoms with Crippen LogP contribution in [0.3, 0.4) is 0 Å². The summed E-state index contributed by atoms with van der Waals surface area (Å²) in [5, 5.41) is 3.21. The Morgan fingerprint density at radius 2 is 1.72 bits per heavy atom. The zero-order chi connectivity index (χ0) is 26.0. The molecule has 3 aromatic rings. The summed E-state index contributed by atoms with van der Waals surface area (Å²) in [6, 6.07) is 10.8. The van der Waals surface area contributed by atoms with Crippen molar-refractivity contribution in [2.24, 2.45) is 0 Å². The van der Waals surface area contributed by atoms with E-state index in [-0.39, 0.29) is 45.7 Å². The van der Waals surface area contributed by atoms with E-state index in [1.807, 2.05) is 0 Å². The molecule has 0 bridgehead atoms. The van der Waals surface area contributed by atoms with Crippen LogP contribution in [0.5, 0.6) is 5.75 Å². The van der Waals surface area contributed by atoms with Crippen LogP contribution >= 0.6 is 34.8 Å². The van der Waals surface area contributed by atoms with Gasteiger partial charge in [-0.3, -0.25) is 9.69 Å². The molecule has 9 nitrogen and oxygen atoms in total. The maximum absolute atomic E-state index is 12.9. The Balaban J connectivity index is 1.57. The third kappa shape index (κ3) is 5.38. The number of urea groups is 1. The number of esters is 2. The normalized spacial score (nSPS) is 14.2. The second-order valence-electron chi connectivity index (χ2n) is 7.33. The van der Waals surface area contributed by atoms with Gasteiger partial charge < -0.3 is 19.2 Å². The van der Waals surface area contributed by atoms with Crippen LogP contribution in [0.1, 0.15) is 32.2 Å². The fraction of sp³-hybridized carbons (Fsp3) is 0.0833. The zero-order valence-corrected chi connectivity index (χ0v) is 20.6. The molecule has 0 spiro atoms. The van der Waals surface area contributed by atoms with E-state index in [9.17, 15) is 19.2 Å². The molecule has 1 N–H and O–H groups in total. The van der Waals surface area contributed by atoms with E-state index in [2.05, 4.69) is 10.1 Å². The molecule has 0 radical (unpaired) electrons. The number of halogens is 3. The summed E-state index contributed by atoms with van der Waals surface area (Å²) in [5.74, 6) is -1.94. The molecule has 1 aliphatic rings. The van der Waals surface area contributed by atoms with Crippen molar-refractivity contribution in [2.75, 3.05) is 7.11 Å². The number of ether oxygens (including phenoxy) is 2. The van der Waals surface area contributed by atoms with Crippen LogP contribution in [0.25, 0.3) is 6.08 Å². The number of hydrogen-bond acceptors (Lipinski definition) is 7. The predicted molar refractivity (Wildman–Crippen MR) is 130 cm³/mol. The molecule has 2 heterocycles. The predicted octanol–water partition coefficient (Wildman–Crippen LogP) is 5.34. The molecule has 36 heavy (non-hydrogen) atoms. The van der Waals surface area contributed by atoms with E-state index in [1.54, 1.807) is 0 Å². The third-order valence-corrected chi connectivity index (χ3v) is 5.73. The molecule has 184 valence electrons. The number of hydrogen-bond donors (Lipinski definition) is 1. The summed E-state index contributed by atoms with van der Waals surface area (Å²) in [6.07, 6.45) is 1.32. The number of methoxy groups -OCH3 is 1. The van der Waals surface area contributed by atoms with Gasteiger partial charge in [0, 0.05) is 15.6 Å². The summed E-state index contributed by atoms with van der Waals surface area (Å²) in [7, 11) is 1.20. The van der Waals surface area contributed by atoms with Crippen LogP contribution in [0.4, 0.5) is 4.79 Å². The minimum Gasteiger partial charge on any atom is -0.463 e. The van der Waals surface area contributed by atoms with Gasteiger partial charge in [-0.15, -0.1) is 0 Å². The number of furan rings is 1. The highest BCUT2D eigenvalue weighted by atomic mass is 35.5. The molecule has 1 saturated heterocycles. The highest BCUT2D eigenvalue weighted by molar-refractivity contribution is 6.36. The Bertz CT molecular complexity index is 1430. The summed E-state index contributed by atoms with van der Waals surface area (Å²) < 4.78 is 15.4. The van der Waals surface area contributed by atoms with Gasteiger partial charge in [0.1, 0.15) is 17.2 Å². The Labute approximate surface area is 219 Å². The van der Waals surface area contributed by atoms with E-state index < -0.39 is 23.9 Å². The van der Waals surface area contributed by atoms with Gasteiger partial charge in [0.2, 0.25) is 5.76 Å². The largest absolute Gasteiger partial charge is 0.463 e. The number of carbonyl (C=O) groups excluding carboxylic acids is 4. The van der Waals surface area contributed by atoms with Crippen LogP contribution in [0.2, 0.25) is 15.1 Å². The van der Waals surface area contributed by atoms with E-state index in [4.69, 9.17) is 44.0 Å². The molecule has 0 unspecified atom stereocenters. The van der Waals surface area contributed by atoms with Gasteiger partial charge in [0.25, 0.3) is 5.91 Å². The number of amides is 3. The lowest BCUT2D eigenvalue weighted by molar-refractivity contribution is -0.123. The van der Waals surface area contributed by atoms with Gasteiger partial charge in [-0.2, -0.15) is 0 Å². The summed E-state index contributed by atoms with van der Waals surface area (Å²) in [5.41, 5.74) is 0.233. The van der Waals surface area contributed by atoms with Crippen LogP contribution in [0, 0.1) is 0 Å². The molecular weight excluding hydrogens is 535 g/mol. The summed E-state index contributed by atoms with van der Waals surface area (Å²) in [4.78, 5) is 50.5. The highest BCUT2D eigenvalue weighted by Crippen LogP contribution is 2.29. The number of imide groups is 1. The maximum atomic E-state index is 12.9. The quantitative estimate of drug-likeness (QED) is 0.191. The maximum Gasteiger partial charge on any atom is 0.373 e. The smallest absolute Gasteiger partial charge is 0.373 e. The number of carbonyl (C=O) groups is 4. The summed E-state index contributed by atoms with van der Waals surface area (Å²) >= 11 is 18.1. The molecule has 12 heteroatoms. The van der Waals surface area contributed by atoms with E-state index in [1.165, 1.54) is 61.7 Å². The molecule has 1 aromatic heterocycles. The Morgan fingerprint density at radius 3 is 2.44 bits per heavy atom. The molecule has 1 aliphatic heterocycles. The number of nitrogens with one attached hydrogen (secondary N) is 1. The van der Waals surface area contributed by atoms with Crippen LogP contribution in [-0.4, -0.2) is 35.9 Å². The molecule has 0 atom stereocenters. The molecule has 2 aromatic carbocycles. The van der Waals surface area contributed by atoms with Crippen molar-refractivity contribution < 1.29 is 33.1 Å². The lowest BCUT2D eigenvalue weighted by Gasteiger charge is -2.10. The molecule has 0 aliphatic carbocycles. The van der Waals surface area contributed by atoms with E-state index in [0.717, 1.165) is 4.90 Å². The number of nitrogens with zero attached hydrogens (tertiary/aromatic N) is 1. The van der Waals surface area contributed by atoms with Crippen molar-refractivity contribution in [1.29, 1.82) is 0 Å². The molecule has 0 saturated carbocycles. The lowest BCUT2D eigenvalue weighted by Crippen LogP contribution is -2.30. The average Bonchev–Trinajstić information content (AvgIpc) is 3.40. The Kier molecular flexibility index (Phi) is 7.35. The fourth-order valence-electron chi connectivity index (χ4n) is 3.23. The SMILES string of the molecule is COC(=O)c1ccc(CN2C(=O)N/C(=C\c3cc(Cl)ccc3OC(=O)c3ccc(Cl)cc3Cl)C2=O)o1. The minimum absolute atomic E-state index is 0.0668. The lowest BCUT2D eigenvalue weighted by atomic mass is 10.1. The average molecular weight is 550 g/mol. The van der Waals surface area contributed by atoms with Crippen molar-refractivity contribution >= 4 is 64.8 Å². The van der Waals surface area contributed by atoms with Gasteiger partial charge in [-0.1, -0.05) is 34.8 Å². The fourth-order valence-corrected chi connectivity index (χ4v) is 3.90. The third-order valence-electron chi connectivity index (χ3n) is 4.95. The second-order valence-corrected chi connectivity index (χ2v) is 8.61. The standard InChI is InChI=1S/C24H15Cl3N2O7/c1-34-23(32)20-7-4-15(35-20)11-29-21(30)18(28-24(29)33)9-12-8-13(25)3-6-19(12)36-22(31)16-5-2-14(26)10-17(16)27/h2-10H,11H2,1H3,(H,28,33)/b18-9-. The van der Waals surface area contributed by atoms with Crippen LogP contribution < -0.4 is 10.1 Å². The van der Waals surface area contributed by atoms with Crippen molar-refractivity contribution in [3.63, 3.8) is 0 Å². The molecule has 1 fully saturated rings. The Hall–Kier alpha value is -3.79. The topological polar surface area (TPSA) is 115 Å². The van der Waals surface area contributed by atoms with Crippen molar-refractivity contribution in [3.05, 3.63) is 91.9 Å². The van der Waals surface area contributed by atoms with Gasteiger partial charge in [-0.05, 0) is 54.6 Å². The van der Waals surface area contributed by atoms with Crippen LogP contribution in [0.15, 0.2) is 58.6 Å².